The van der Waals surface area contributed by atoms with E-state index in [0.29, 0.717) is 18.5 Å². The van der Waals surface area contributed by atoms with Crippen molar-refractivity contribution in [2.75, 3.05) is 5.32 Å². The number of aromatic amines is 1. The van der Waals surface area contributed by atoms with Crippen molar-refractivity contribution >= 4 is 22.5 Å². The minimum Gasteiger partial charge on any atom is -0.361 e. The number of carbonyl (C=O) groups is 1. The van der Waals surface area contributed by atoms with Crippen molar-refractivity contribution < 1.29 is 9.32 Å². The van der Waals surface area contributed by atoms with Crippen molar-refractivity contribution in [3.05, 3.63) is 57.2 Å². The standard InChI is InChI=1S/C20H23N3O3/c1-4-5-14-10-20(25)22-18-11-15(6-7-17(14)18)21-19(24)9-8-16-12(2)23-26-13(16)3/h6-7,10-11H,4-5,8-9H2,1-3H3,(H,21,24)(H,22,25). The second-order valence-corrected chi connectivity index (χ2v) is 6.52. The van der Waals surface area contributed by atoms with Gasteiger partial charge in [0.15, 0.2) is 0 Å². The third-order valence-electron chi connectivity index (χ3n) is 4.52. The van der Waals surface area contributed by atoms with Gasteiger partial charge in [-0.1, -0.05) is 24.6 Å². The van der Waals surface area contributed by atoms with Crippen LogP contribution < -0.4 is 10.9 Å². The molecule has 0 aliphatic rings. The lowest BCUT2D eigenvalue weighted by Gasteiger charge is -2.09. The quantitative estimate of drug-likeness (QED) is 0.708. The molecule has 26 heavy (non-hydrogen) atoms. The van der Waals surface area contributed by atoms with Crippen molar-refractivity contribution in [1.29, 1.82) is 0 Å². The molecule has 0 unspecified atom stereocenters. The first kappa shape index (κ1) is 17.9. The first-order valence-corrected chi connectivity index (χ1v) is 8.85. The largest absolute Gasteiger partial charge is 0.361 e. The van der Waals surface area contributed by atoms with Gasteiger partial charge in [0.25, 0.3) is 0 Å². The van der Waals surface area contributed by atoms with Crippen LogP contribution in [0.1, 0.15) is 42.3 Å². The third-order valence-corrected chi connectivity index (χ3v) is 4.52. The van der Waals surface area contributed by atoms with Gasteiger partial charge in [-0.25, -0.2) is 0 Å². The van der Waals surface area contributed by atoms with Gasteiger partial charge >= 0.3 is 0 Å². The van der Waals surface area contributed by atoms with E-state index < -0.39 is 0 Å². The van der Waals surface area contributed by atoms with Crippen molar-refractivity contribution in [2.45, 2.75) is 46.5 Å². The van der Waals surface area contributed by atoms with E-state index in [1.165, 1.54) is 0 Å². The number of nitrogens with one attached hydrogen (secondary N) is 2. The number of H-pyrrole nitrogens is 1. The number of fused-ring (bicyclic) bond motifs is 1. The second kappa shape index (κ2) is 7.56. The molecule has 0 aliphatic carbocycles. The number of rotatable bonds is 6. The van der Waals surface area contributed by atoms with Gasteiger partial charge in [0, 0.05) is 29.1 Å². The maximum Gasteiger partial charge on any atom is 0.248 e. The van der Waals surface area contributed by atoms with Crippen LogP contribution in [-0.4, -0.2) is 16.0 Å². The Bertz CT molecular complexity index is 982. The van der Waals surface area contributed by atoms with E-state index in [9.17, 15) is 9.59 Å². The third kappa shape index (κ3) is 3.85. The molecule has 2 aromatic heterocycles. The van der Waals surface area contributed by atoms with Crippen LogP contribution in [0.5, 0.6) is 0 Å². The summed E-state index contributed by atoms with van der Waals surface area (Å²) in [5.74, 6) is 0.665. The van der Waals surface area contributed by atoms with E-state index in [1.54, 1.807) is 6.07 Å². The fourth-order valence-electron chi connectivity index (χ4n) is 3.21. The van der Waals surface area contributed by atoms with Crippen LogP contribution in [0.25, 0.3) is 10.9 Å². The molecular formula is C20H23N3O3. The van der Waals surface area contributed by atoms with E-state index in [-0.39, 0.29) is 11.5 Å². The van der Waals surface area contributed by atoms with Gasteiger partial charge in [-0.3, -0.25) is 9.59 Å². The summed E-state index contributed by atoms with van der Waals surface area (Å²) in [6.45, 7) is 5.80. The number of amides is 1. The molecule has 0 saturated heterocycles. The summed E-state index contributed by atoms with van der Waals surface area (Å²) in [5.41, 5.74) is 4.12. The summed E-state index contributed by atoms with van der Waals surface area (Å²) in [5, 5.41) is 7.81. The fraction of sp³-hybridized carbons (Fsp3) is 0.350. The molecular weight excluding hydrogens is 330 g/mol. The Morgan fingerprint density at radius 3 is 2.73 bits per heavy atom. The number of nitrogens with zero attached hydrogens (tertiary/aromatic N) is 1. The molecule has 0 aliphatic heterocycles. The van der Waals surface area contributed by atoms with Gasteiger partial charge in [-0.15, -0.1) is 0 Å². The number of anilines is 1. The van der Waals surface area contributed by atoms with Crippen LogP contribution in [-0.2, 0) is 17.6 Å². The summed E-state index contributed by atoms with van der Waals surface area (Å²) >= 11 is 0. The zero-order valence-corrected chi connectivity index (χ0v) is 15.3. The number of hydrogen-bond acceptors (Lipinski definition) is 4. The van der Waals surface area contributed by atoms with Crippen molar-refractivity contribution in [2.24, 2.45) is 0 Å². The monoisotopic (exact) mass is 353 g/mol. The molecule has 2 heterocycles. The molecule has 136 valence electrons. The molecule has 0 atom stereocenters. The highest BCUT2D eigenvalue weighted by molar-refractivity contribution is 5.94. The maximum absolute atomic E-state index is 12.3. The maximum atomic E-state index is 12.3. The van der Waals surface area contributed by atoms with Crippen molar-refractivity contribution in [3.8, 4) is 0 Å². The lowest BCUT2D eigenvalue weighted by atomic mass is 10.0. The zero-order chi connectivity index (χ0) is 18.7. The highest BCUT2D eigenvalue weighted by Crippen LogP contribution is 2.21. The first-order chi connectivity index (χ1) is 12.5. The van der Waals surface area contributed by atoms with Gasteiger partial charge in [-0.2, -0.15) is 0 Å². The van der Waals surface area contributed by atoms with Crippen LogP contribution in [0.3, 0.4) is 0 Å². The molecule has 3 rings (SSSR count). The lowest BCUT2D eigenvalue weighted by Crippen LogP contribution is -2.13. The average molecular weight is 353 g/mol. The van der Waals surface area contributed by atoms with Crippen LogP contribution in [0.15, 0.2) is 33.6 Å². The average Bonchev–Trinajstić information content (AvgIpc) is 2.91. The van der Waals surface area contributed by atoms with Gasteiger partial charge in [0.2, 0.25) is 11.5 Å². The minimum atomic E-state index is -0.122. The number of benzene rings is 1. The Kier molecular flexibility index (Phi) is 5.21. The Hall–Kier alpha value is -2.89. The van der Waals surface area contributed by atoms with E-state index in [4.69, 9.17) is 4.52 Å². The molecule has 0 fully saturated rings. The van der Waals surface area contributed by atoms with Crippen molar-refractivity contribution in [3.63, 3.8) is 0 Å². The van der Waals surface area contributed by atoms with Gasteiger partial charge < -0.3 is 14.8 Å². The lowest BCUT2D eigenvalue weighted by molar-refractivity contribution is -0.116. The molecule has 0 saturated carbocycles. The highest BCUT2D eigenvalue weighted by atomic mass is 16.5. The Labute approximate surface area is 151 Å². The SMILES string of the molecule is CCCc1cc(=O)[nH]c2cc(NC(=O)CCc3c(C)noc3C)ccc12. The van der Waals surface area contributed by atoms with Crippen LogP contribution in [0.2, 0.25) is 0 Å². The normalized spacial score (nSPS) is 11.0. The Morgan fingerprint density at radius 2 is 2.04 bits per heavy atom. The summed E-state index contributed by atoms with van der Waals surface area (Å²) < 4.78 is 5.12. The summed E-state index contributed by atoms with van der Waals surface area (Å²) in [4.78, 5) is 27.0. The molecule has 0 bridgehead atoms. The number of aromatic nitrogens is 2. The van der Waals surface area contributed by atoms with E-state index in [2.05, 4.69) is 22.4 Å². The van der Waals surface area contributed by atoms with E-state index >= 15 is 0 Å². The van der Waals surface area contributed by atoms with Gasteiger partial charge in [-0.05, 0) is 44.4 Å². The number of carbonyl (C=O) groups excluding carboxylic acids is 1. The van der Waals surface area contributed by atoms with E-state index in [0.717, 1.165) is 46.3 Å². The molecule has 0 radical (unpaired) electrons. The first-order valence-electron chi connectivity index (χ1n) is 8.85. The zero-order valence-electron chi connectivity index (χ0n) is 15.3. The summed E-state index contributed by atoms with van der Waals surface area (Å²) in [6.07, 6.45) is 2.74. The molecule has 6 nitrogen and oxygen atoms in total. The number of aryl methyl sites for hydroxylation is 3. The second-order valence-electron chi connectivity index (χ2n) is 6.52. The molecule has 3 aromatic rings. The smallest absolute Gasteiger partial charge is 0.248 e. The summed E-state index contributed by atoms with van der Waals surface area (Å²) in [6, 6.07) is 7.27. The molecule has 2 N–H and O–H groups in total. The van der Waals surface area contributed by atoms with Crippen molar-refractivity contribution in [1.82, 2.24) is 10.1 Å². The van der Waals surface area contributed by atoms with Crippen LogP contribution in [0, 0.1) is 13.8 Å². The predicted molar refractivity (Wildman–Crippen MR) is 101 cm³/mol. The Balaban J connectivity index is 1.74. The fourth-order valence-corrected chi connectivity index (χ4v) is 3.21. The van der Waals surface area contributed by atoms with Crippen LogP contribution >= 0.6 is 0 Å². The molecule has 6 heteroatoms. The molecule has 1 amide bonds. The molecule has 1 aromatic carbocycles. The van der Waals surface area contributed by atoms with Gasteiger partial charge in [0.1, 0.15) is 5.76 Å². The summed E-state index contributed by atoms with van der Waals surface area (Å²) in [7, 11) is 0. The number of pyridine rings is 1. The highest BCUT2D eigenvalue weighted by Gasteiger charge is 2.12. The van der Waals surface area contributed by atoms with Gasteiger partial charge in [0.05, 0.1) is 11.2 Å². The van der Waals surface area contributed by atoms with Crippen LogP contribution in [0.4, 0.5) is 5.69 Å². The number of hydrogen-bond donors (Lipinski definition) is 2. The molecule has 0 spiro atoms. The predicted octanol–water partition coefficient (Wildman–Crippen LogP) is 3.66. The Morgan fingerprint density at radius 1 is 1.23 bits per heavy atom. The minimum absolute atomic E-state index is 0.0867. The topological polar surface area (TPSA) is 88.0 Å². The van der Waals surface area contributed by atoms with E-state index in [1.807, 2.05) is 32.0 Å².